The topological polar surface area (TPSA) is 72.8 Å². The van der Waals surface area contributed by atoms with Crippen LogP contribution in [0.15, 0.2) is 74.8 Å². The van der Waals surface area contributed by atoms with E-state index in [1.807, 2.05) is 23.6 Å². The highest BCUT2D eigenvalue weighted by Gasteiger charge is 2.35. The molecule has 1 aliphatic heterocycles. The van der Waals surface area contributed by atoms with Gasteiger partial charge < -0.3 is 9.62 Å². The van der Waals surface area contributed by atoms with Crippen molar-refractivity contribution in [2.24, 2.45) is 5.10 Å². The number of amides is 1. The summed E-state index contributed by atoms with van der Waals surface area (Å²) in [7, 11) is 0. The van der Waals surface area contributed by atoms with Gasteiger partial charge in [-0.25, -0.2) is 5.01 Å². The lowest BCUT2D eigenvalue weighted by molar-refractivity contribution is -0.645. The van der Waals surface area contributed by atoms with Crippen LogP contribution in [0.2, 0.25) is 0 Å². The zero-order valence-electron chi connectivity index (χ0n) is 13.6. The first-order chi connectivity index (χ1) is 12.7. The van der Waals surface area contributed by atoms with Crippen molar-refractivity contribution in [2.75, 3.05) is 5.75 Å². The summed E-state index contributed by atoms with van der Waals surface area (Å²) in [6.45, 7) is 0. The Bertz CT molecular complexity index is 923. The van der Waals surface area contributed by atoms with Gasteiger partial charge in [0.05, 0.1) is 22.6 Å². The number of thiophene rings is 1. The molecule has 0 saturated heterocycles. The Kier molecular flexibility index (Phi) is 4.77. The van der Waals surface area contributed by atoms with Crippen LogP contribution < -0.4 is 4.73 Å². The third-order valence-corrected chi connectivity index (χ3v) is 5.90. The van der Waals surface area contributed by atoms with Crippen LogP contribution in [0.5, 0.6) is 0 Å². The lowest BCUT2D eigenvalue weighted by atomic mass is 10.1. The molecule has 1 amide bonds. The number of thioether (sulfide) groups is 1. The highest BCUT2D eigenvalue weighted by molar-refractivity contribution is 7.99. The Hall–Kier alpha value is -2.58. The van der Waals surface area contributed by atoms with Crippen molar-refractivity contribution in [3.05, 3.63) is 76.1 Å². The molecule has 132 valence electrons. The first-order valence-corrected chi connectivity index (χ1v) is 9.87. The molecule has 8 heteroatoms. The number of carbonyl (C=O) groups excluding carboxylic acids is 1. The Morgan fingerprint density at radius 3 is 3.00 bits per heavy atom. The van der Waals surface area contributed by atoms with Crippen molar-refractivity contribution in [3.63, 3.8) is 0 Å². The maximum Gasteiger partial charge on any atom is 0.253 e. The van der Waals surface area contributed by atoms with Gasteiger partial charge in [-0.2, -0.15) is 9.83 Å². The highest BCUT2D eigenvalue weighted by Crippen LogP contribution is 2.34. The Morgan fingerprint density at radius 1 is 1.35 bits per heavy atom. The third kappa shape index (κ3) is 3.38. The smallest absolute Gasteiger partial charge is 0.253 e. The maximum absolute atomic E-state index is 12.8. The number of carbonyl (C=O) groups is 1. The SMILES string of the molecule is O=C(CSc1cccc[n+]1[O-])N1N=C(c2cccs2)C[C@H]1c1ccco1. The number of rotatable bonds is 5. The van der Waals surface area contributed by atoms with Crippen LogP contribution in [-0.4, -0.2) is 22.4 Å². The molecule has 0 saturated carbocycles. The van der Waals surface area contributed by atoms with Gasteiger partial charge >= 0.3 is 0 Å². The van der Waals surface area contributed by atoms with Gasteiger partial charge in [-0.05, 0) is 41.4 Å². The third-order valence-electron chi connectivity index (χ3n) is 3.98. The van der Waals surface area contributed by atoms with Crippen molar-refractivity contribution in [1.29, 1.82) is 0 Å². The fourth-order valence-corrected chi connectivity index (χ4v) is 4.25. The van der Waals surface area contributed by atoms with Gasteiger partial charge in [0.15, 0.2) is 6.20 Å². The van der Waals surface area contributed by atoms with Gasteiger partial charge in [0.1, 0.15) is 11.8 Å². The molecule has 0 bridgehead atoms. The second-order valence-electron chi connectivity index (χ2n) is 5.65. The van der Waals surface area contributed by atoms with Crippen molar-refractivity contribution in [2.45, 2.75) is 17.5 Å². The van der Waals surface area contributed by atoms with Gasteiger partial charge in [-0.15, -0.1) is 11.3 Å². The Morgan fingerprint density at radius 2 is 2.27 bits per heavy atom. The fourth-order valence-electron chi connectivity index (χ4n) is 2.76. The average Bonchev–Trinajstić information content (AvgIpc) is 3.41. The molecule has 0 fully saturated rings. The quantitative estimate of drug-likeness (QED) is 0.383. The van der Waals surface area contributed by atoms with Crippen molar-refractivity contribution >= 4 is 34.7 Å². The molecule has 4 heterocycles. The largest absolute Gasteiger partial charge is 0.618 e. The van der Waals surface area contributed by atoms with E-state index in [2.05, 4.69) is 5.10 Å². The predicted octanol–water partition coefficient (Wildman–Crippen LogP) is 3.44. The molecule has 0 unspecified atom stereocenters. The fraction of sp³-hybridized carbons (Fsp3) is 0.167. The molecule has 3 aromatic heterocycles. The lowest BCUT2D eigenvalue weighted by Gasteiger charge is -2.19. The van der Waals surface area contributed by atoms with Crippen LogP contribution in [0.4, 0.5) is 0 Å². The minimum absolute atomic E-state index is 0.130. The minimum atomic E-state index is -0.259. The van der Waals surface area contributed by atoms with Crippen LogP contribution in [0.25, 0.3) is 0 Å². The van der Waals surface area contributed by atoms with E-state index in [4.69, 9.17) is 4.42 Å². The second-order valence-corrected chi connectivity index (χ2v) is 7.59. The monoisotopic (exact) mass is 385 g/mol. The molecule has 1 atom stereocenters. The molecule has 1 aliphatic rings. The first kappa shape index (κ1) is 16.9. The standard InChI is InChI=1S/C18H15N3O3S2/c22-17(12-26-18-7-1-2-8-20(18)23)21-14(15-5-3-9-24-15)11-13(19-21)16-6-4-10-25-16/h1-10,14H,11-12H2/t14-/m0/s1. The van der Waals surface area contributed by atoms with E-state index in [9.17, 15) is 10.0 Å². The summed E-state index contributed by atoms with van der Waals surface area (Å²) in [5.41, 5.74) is 0.873. The number of furan rings is 1. The maximum atomic E-state index is 12.8. The molecule has 0 aromatic carbocycles. The van der Waals surface area contributed by atoms with Crippen molar-refractivity contribution < 1.29 is 13.9 Å². The van der Waals surface area contributed by atoms with Crippen LogP contribution in [-0.2, 0) is 4.79 Å². The molecule has 6 nitrogen and oxygen atoms in total. The summed E-state index contributed by atoms with van der Waals surface area (Å²) in [4.78, 5) is 13.8. The molecule has 26 heavy (non-hydrogen) atoms. The highest BCUT2D eigenvalue weighted by atomic mass is 32.2. The van der Waals surface area contributed by atoms with E-state index in [1.54, 1.807) is 41.9 Å². The van der Waals surface area contributed by atoms with Gasteiger partial charge in [0, 0.05) is 18.6 Å². The minimum Gasteiger partial charge on any atom is -0.618 e. The average molecular weight is 385 g/mol. The molecular weight excluding hydrogens is 370 g/mol. The molecule has 3 aromatic rings. The molecule has 0 spiro atoms. The summed E-state index contributed by atoms with van der Waals surface area (Å²) in [6, 6.07) is 12.5. The van der Waals surface area contributed by atoms with Crippen LogP contribution in [0, 0.1) is 5.21 Å². The van der Waals surface area contributed by atoms with Crippen LogP contribution in [0.3, 0.4) is 0 Å². The number of hydrogen-bond acceptors (Lipinski definition) is 6. The summed E-state index contributed by atoms with van der Waals surface area (Å²) in [5, 5.41) is 20.3. The van der Waals surface area contributed by atoms with Crippen LogP contribution >= 0.6 is 23.1 Å². The zero-order chi connectivity index (χ0) is 17.9. The molecule has 0 aliphatic carbocycles. The molecule has 0 N–H and O–H groups in total. The van der Waals surface area contributed by atoms with E-state index in [1.165, 1.54) is 23.0 Å². The summed E-state index contributed by atoms with van der Waals surface area (Å²) >= 11 is 2.80. The Balaban J connectivity index is 1.54. The Labute approximate surface area is 158 Å². The van der Waals surface area contributed by atoms with E-state index >= 15 is 0 Å². The van der Waals surface area contributed by atoms with E-state index in [0.29, 0.717) is 17.2 Å². The predicted molar refractivity (Wildman–Crippen MR) is 99.9 cm³/mol. The van der Waals surface area contributed by atoms with E-state index in [0.717, 1.165) is 15.3 Å². The number of aromatic nitrogens is 1. The second kappa shape index (κ2) is 7.35. The summed E-state index contributed by atoms with van der Waals surface area (Å²) in [5.74, 6) is 0.675. The number of hydrazone groups is 1. The summed E-state index contributed by atoms with van der Waals surface area (Å²) in [6.07, 6.45) is 3.62. The first-order valence-electron chi connectivity index (χ1n) is 8.00. The van der Waals surface area contributed by atoms with E-state index in [-0.39, 0.29) is 17.7 Å². The van der Waals surface area contributed by atoms with E-state index < -0.39 is 0 Å². The molecule has 4 rings (SSSR count). The zero-order valence-corrected chi connectivity index (χ0v) is 15.3. The number of nitrogens with zero attached hydrogens (tertiary/aromatic N) is 3. The molecular formula is C18H15N3O3S2. The van der Waals surface area contributed by atoms with Gasteiger partial charge in [-0.1, -0.05) is 6.07 Å². The summed E-state index contributed by atoms with van der Waals surface area (Å²) < 4.78 is 6.28. The van der Waals surface area contributed by atoms with Gasteiger partial charge in [0.2, 0.25) is 0 Å². The van der Waals surface area contributed by atoms with Crippen LogP contribution in [0.1, 0.15) is 23.1 Å². The van der Waals surface area contributed by atoms with Crippen molar-refractivity contribution in [1.82, 2.24) is 5.01 Å². The number of hydrogen-bond donors (Lipinski definition) is 0. The lowest BCUT2D eigenvalue weighted by Crippen LogP contribution is -2.31. The van der Waals surface area contributed by atoms with Crippen molar-refractivity contribution in [3.8, 4) is 0 Å². The number of pyridine rings is 1. The van der Waals surface area contributed by atoms with Gasteiger partial charge in [-0.3, -0.25) is 4.79 Å². The molecule has 0 radical (unpaired) electrons. The normalized spacial score (nSPS) is 16.7. The van der Waals surface area contributed by atoms with Gasteiger partial charge in [0.25, 0.3) is 10.9 Å².